The van der Waals surface area contributed by atoms with Crippen molar-refractivity contribution in [3.63, 3.8) is 0 Å². The number of carbonyl (C=O) groups excluding carboxylic acids is 1. The molecular weight excluding hydrogens is 443 g/mol. The van der Waals surface area contributed by atoms with E-state index in [-0.39, 0.29) is 36.2 Å². The number of fused-ring (bicyclic) bond motifs is 1. The largest absolute Gasteiger partial charge is 0.488 e. The number of rotatable bonds is 4. The Balaban J connectivity index is 0.00000259. The molecule has 0 aromatic heterocycles. The van der Waals surface area contributed by atoms with Crippen LogP contribution >= 0.6 is 12.4 Å². The van der Waals surface area contributed by atoms with Crippen molar-refractivity contribution in [3.05, 3.63) is 65.5 Å². The SMILES string of the molecule is Cl.O=C(c1ccc(C2CCNCC2)cc1)N1C[C@H]2C[C@@H](Oc3ccc(F)cc3)[C@H](O)C[C@H]2C1. The number of hydrogen-bond acceptors (Lipinski definition) is 4. The number of nitrogens with zero attached hydrogens (tertiary/aromatic N) is 1. The predicted molar refractivity (Wildman–Crippen MR) is 127 cm³/mol. The highest BCUT2D eigenvalue weighted by molar-refractivity contribution is 5.94. The van der Waals surface area contributed by atoms with Crippen LogP contribution in [-0.4, -0.2) is 54.3 Å². The van der Waals surface area contributed by atoms with Crippen molar-refractivity contribution in [2.45, 2.75) is 43.8 Å². The van der Waals surface area contributed by atoms with Gasteiger partial charge in [0.15, 0.2) is 0 Å². The first kappa shape index (κ1) is 24.0. The molecule has 2 N–H and O–H groups in total. The van der Waals surface area contributed by atoms with Gasteiger partial charge >= 0.3 is 0 Å². The number of hydrogen-bond donors (Lipinski definition) is 2. The molecule has 0 radical (unpaired) electrons. The van der Waals surface area contributed by atoms with Gasteiger partial charge in [0, 0.05) is 18.7 Å². The van der Waals surface area contributed by atoms with Gasteiger partial charge in [-0.25, -0.2) is 4.39 Å². The Morgan fingerprint density at radius 3 is 2.27 bits per heavy atom. The standard InChI is InChI=1S/C26H31FN2O3.ClH/c27-22-5-7-23(8-6-22)32-25-14-21-16-29(15-20(21)13-24(25)30)26(31)19-3-1-17(2-4-19)18-9-11-28-12-10-18;/h1-8,18,20-21,24-25,28,30H,9-16H2;1H/t20-,21+,24+,25+;/m0./s1. The summed E-state index contributed by atoms with van der Waals surface area (Å²) in [5.41, 5.74) is 2.06. The molecule has 0 bridgehead atoms. The fourth-order valence-corrected chi connectivity index (χ4v) is 5.61. The Morgan fingerprint density at radius 1 is 0.970 bits per heavy atom. The highest BCUT2D eigenvalue weighted by Gasteiger charge is 2.44. The third-order valence-corrected chi connectivity index (χ3v) is 7.44. The second kappa shape index (κ2) is 10.4. The number of aliphatic hydroxyl groups excluding tert-OH is 1. The third-order valence-electron chi connectivity index (χ3n) is 7.44. The molecule has 33 heavy (non-hydrogen) atoms. The van der Waals surface area contributed by atoms with Crippen molar-refractivity contribution in [2.75, 3.05) is 26.2 Å². The zero-order valence-corrected chi connectivity index (χ0v) is 19.5. The van der Waals surface area contributed by atoms with Crippen molar-refractivity contribution in [1.29, 1.82) is 0 Å². The lowest BCUT2D eigenvalue weighted by Gasteiger charge is -2.35. The summed E-state index contributed by atoms with van der Waals surface area (Å²) in [6.45, 7) is 3.48. The monoisotopic (exact) mass is 474 g/mol. The van der Waals surface area contributed by atoms with Gasteiger partial charge in [-0.1, -0.05) is 12.1 Å². The van der Waals surface area contributed by atoms with Crippen LogP contribution in [0.4, 0.5) is 4.39 Å². The Hall–Kier alpha value is -2.15. The van der Waals surface area contributed by atoms with Crippen LogP contribution in [-0.2, 0) is 0 Å². The van der Waals surface area contributed by atoms with Crippen LogP contribution in [0.1, 0.15) is 47.5 Å². The maximum Gasteiger partial charge on any atom is 0.253 e. The van der Waals surface area contributed by atoms with Crippen LogP contribution in [0.25, 0.3) is 0 Å². The van der Waals surface area contributed by atoms with E-state index in [4.69, 9.17) is 4.74 Å². The molecule has 7 heteroatoms. The number of likely N-dealkylation sites (tertiary alicyclic amines) is 1. The molecule has 2 aromatic rings. The maximum absolute atomic E-state index is 13.2. The van der Waals surface area contributed by atoms with E-state index in [9.17, 15) is 14.3 Å². The van der Waals surface area contributed by atoms with Crippen molar-refractivity contribution < 1.29 is 19.0 Å². The van der Waals surface area contributed by atoms with Crippen molar-refractivity contribution in [3.8, 4) is 5.75 Å². The number of ether oxygens (including phenoxy) is 1. The number of piperidine rings is 1. The van der Waals surface area contributed by atoms with Gasteiger partial charge in [-0.2, -0.15) is 0 Å². The molecule has 3 aliphatic rings. The minimum absolute atomic E-state index is 0. The second-order valence-electron chi connectivity index (χ2n) is 9.53. The molecular formula is C26H32ClFN2O3. The van der Waals surface area contributed by atoms with E-state index in [1.165, 1.54) is 17.7 Å². The molecule has 4 atom stereocenters. The van der Waals surface area contributed by atoms with E-state index in [1.807, 2.05) is 17.0 Å². The Morgan fingerprint density at radius 2 is 1.61 bits per heavy atom. The lowest BCUT2D eigenvalue weighted by molar-refractivity contribution is -0.0231. The van der Waals surface area contributed by atoms with Gasteiger partial charge in [0.25, 0.3) is 5.91 Å². The molecule has 2 aromatic carbocycles. The van der Waals surface area contributed by atoms with Crippen LogP contribution in [0.2, 0.25) is 0 Å². The topological polar surface area (TPSA) is 61.8 Å². The molecule has 1 saturated carbocycles. The number of benzene rings is 2. The van der Waals surface area contributed by atoms with Crippen LogP contribution in [0.3, 0.4) is 0 Å². The predicted octanol–water partition coefficient (Wildman–Crippen LogP) is 4.01. The highest BCUT2D eigenvalue weighted by Crippen LogP contribution is 2.38. The van der Waals surface area contributed by atoms with E-state index in [2.05, 4.69) is 17.4 Å². The molecule has 2 saturated heterocycles. The summed E-state index contributed by atoms with van der Waals surface area (Å²) in [6.07, 6.45) is 2.69. The van der Waals surface area contributed by atoms with Gasteiger partial charge in [0.05, 0.1) is 6.10 Å². The molecule has 3 fully saturated rings. The Labute approximate surface area is 200 Å². The summed E-state index contributed by atoms with van der Waals surface area (Å²) in [5, 5.41) is 14.0. The van der Waals surface area contributed by atoms with Crippen LogP contribution in [0.15, 0.2) is 48.5 Å². The zero-order chi connectivity index (χ0) is 22.1. The second-order valence-corrected chi connectivity index (χ2v) is 9.53. The molecule has 0 unspecified atom stereocenters. The van der Waals surface area contributed by atoms with E-state index >= 15 is 0 Å². The highest BCUT2D eigenvalue weighted by atomic mass is 35.5. The fourth-order valence-electron chi connectivity index (χ4n) is 5.61. The summed E-state index contributed by atoms with van der Waals surface area (Å²) >= 11 is 0. The first-order valence-electron chi connectivity index (χ1n) is 11.8. The molecule has 2 heterocycles. The van der Waals surface area contributed by atoms with E-state index < -0.39 is 6.10 Å². The molecule has 5 rings (SSSR count). The van der Waals surface area contributed by atoms with E-state index in [0.29, 0.717) is 43.5 Å². The van der Waals surface area contributed by atoms with Gasteiger partial charge in [-0.05, 0) is 98.5 Å². The summed E-state index contributed by atoms with van der Waals surface area (Å²) in [7, 11) is 0. The van der Waals surface area contributed by atoms with Crippen LogP contribution < -0.4 is 10.1 Å². The number of nitrogens with one attached hydrogen (secondary N) is 1. The first-order chi connectivity index (χ1) is 15.6. The van der Waals surface area contributed by atoms with Gasteiger partial charge in [0.1, 0.15) is 17.7 Å². The van der Waals surface area contributed by atoms with Gasteiger partial charge < -0.3 is 20.1 Å². The molecule has 2 aliphatic heterocycles. The van der Waals surface area contributed by atoms with Crippen LogP contribution in [0, 0.1) is 17.7 Å². The zero-order valence-electron chi connectivity index (χ0n) is 18.7. The van der Waals surface area contributed by atoms with Crippen molar-refractivity contribution in [1.82, 2.24) is 10.2 Å². The molecule has 178 valence electrons. The first-order valence-corrected chi connectivity index (χ1v) is 11.8. The van der Waals surface area contributed by atoms with Crippen LogP contribution in [0.5, 0.6) is 5.75 Å². The Kier molecular flexibility index (Phi) is 7.57. The summed E-state index contributed by atoms with van der Waals surface area (Å²) in [4.78, 5) is 15.1. The number of halogens is 2. The van der Waals surface area contributed by atoms with Crippen molar-refractivity contribution >= 4 is 18.3 Å². The summed E-state index contributed by atoms with van der Waals surface area (Å²) in [6, 6.07) is 14.1. The molecule has 0 spiro atoms. The molecule has 1 amide bonds. The van der Waals surface area contributed by atoms with E-state index in [0.717, 1.165) is 31.5 Å². The van der Waals surface area contributed by atoms with Crippen molar-refractivity contribution in [2.24, 2.45) is 11.8 Å². The average Bonchev–Trinajstić information content (AvgIpc) is 3.23. The van der Waals surface area contributed by atoms with Gasteiger partial charge in [-0.3, -0.25) is 4.79 Å². The average molecular weight is 475 g/mol. The lowest BCUT2D eigenvalue weighted by Crippen LogP contribution is -2.42. The summed E-state index contributed by atoms with van der Waals surface area (Å²) in [5.74, 6) is 1.50. The minimum atomic E-state index is -0.583. The fraction of sp³-hybridized carbons (Fsp3) is 0.500. The number of carbonyl (C=O) groups is 1. The maximum atomic E-state index is 13.2. The molecule has 5 nitrogen and oxygen atoms in total. The smallest absolute Gasteiger partial charge is 0.253 e. The van der Waals surface area contributed by atoms with Gasteiger partial charge in [0.2, 0.25) is 0 Å². The summed E-state index contributed by atoms with van der Waals surface area (Å²) < 4.78 is 19.1. The minimum Gasteiger partial charge on any atom is -0.488 e. The lowest BCUT2D eigenvalue weighted by atomic mass is 9.78. The normalized spacial score (nSPS) is 27.5. The number of aliphatic hydroxyl groups is 1. The van der Waals surface area contributed by atoms with E-state index in [1.54, 1.807) is 12.1 Å². The third kappa shape index (κ3) is 5.34. The Bertz CT molecular complexity index is 934. The molecule has 1 aliphatic carbocycles. The van der Waals surface area contributed by atoms with Gasteiger partial charge in [-0.15, -0.1) is 12.4 Å². The quantitative estimate of drug-likeness (QED) is 0.703. The number of amides is 1.